The number of amides is 1. The molecule has 0 atom stereocenters. The first-order valence-corrected chi connectivity index (χ1v) is 8.71. The van der Waals surface area contributed by atoms with Gasteiger partial charge in [0.05, 0.1) is 12.2 Å². The number of hydrogen-bond acceptors (Lipinski definition) is 4. The molecule has 27 heavy (non-hydrogen) atoms. The number of para-hydroxylation sites is 2. The van der Waals surface area contributed by atoms with Crippen LogP contribution in [0.1, 0.15) is 13.8 Å². The van der Waals surface area contributed by atoms with Crippen LogP contribution in [0.2, 0.25) is 0 Å². The van der Waals surface area contributed by atoms with Crippen LogP contribution >= 0.6 is 0 Å². The van der Waals surface area contributed by atoms with E-state index in [2.05, 4.69) is 23.8 Å². The molecule has 0 aliphatic rings. The molecule has 0 aliphatic carbocycles. The van der Waals surface area contributed by atoms with Gasteiger partial charge in [-0.25, -0.2) is 0 Å². The maximum Gasteiger partial charge on any atom is 0.243 e. The Bertz CT molecular complexity index is 797. The van der Waals surface area contributed by atoms with Crippen LogP contribution in [0.25, 0.3) is 0 Å². The summed E-state index contributed by atoms with van der Waals surface area (Å²) in [5, 5.41) is 5.94. The van der Waals surface area contributed by atoms with Crippen LogP contribution in [-0.4, -0.2) is 25.7 Å². The van der Waals surface area contributed by atoms with Crippen LogP contribution in [-0.2, 0) is 4.79 Å². The number of ether oxygens (including phenoxy) is 2. The number of anilines is 2. The van der Waals surface area contributed by atoms with Gasteiger partial charge < -0.3 is 20.1 Å². The topological polar surface area (TPSA) is 59.6 Å². The Kier molecular flexibility index (Phi) is 7.49. The molecular formula is C22H26N2O3. The Labute approximate surface area is 160 Å². The van der Waals surface area contributed by atoms with Gasteiger partial charge in [-0.15, -0.1) is 0 Å². The number of carbonyl (C=O) groups is 1. The van der Waals surface area contributed by atoms with E-state index >= 15 is 0 Å². The van der Waals surface area contributed by atoms with Crippen LogP contribution in [0.3, 0.4) is 0 Å². The summed E-state index contributed by atoms with van der Waals surface area (Å²) in [5.41, 5.74) is 3.35. The molecule has 1 amide bonds. The summed E-state index contributed by atoms with van der Waals surface area (Å²) in [6.07, 6.45) is 0. The van der Waals surface area contributed by atoms with Gasteiger partial charge >= 0.3 is 0 Å². The molecule has 0 fully saturated rings. The van der Waals surface area contributed by atoms with Gasteiger partial charge in [-0.1, -0.05) is 25.3 Å². The monoisotopic (exact) mass is 366 g/mol. The fraction of sp³-hybridized carbons (Fsp3) is 0.227. The smallest absolute Gasteiger partial charge is 0.243 e. The van der Waals surface area contributed by atoms with Crippen molar-refractivity contribution in [3.8, 4) is 11.5 Å². The molecule has 0 radical (unpaired) electrons. The van der Waals surface area contributed by atoms with E-state index in [9.17, 15) is 4.79 Å². The Hall–Kier alpha value is -3.21. The van der Waals surface area contributed by atoms with E-state index in [4.69, 9.17) is 9.47 Å². The third-order valence-corrected chi connectivity index (χ3v) is 3.42. The summed E-state index contributed by atoms with van der Waals surface area (Å²) >= 11 is 0. The third kappa shape index (κ3) is 7.28. The average molecular weight is 366 g/mol. The number of hydrogen-bond donors (Lipinski definition) is 2. The van der Waals surface area contributed by atoms with Crippen LogP contribution in [0.5, 0.6) is 11.5 Å². The Balaban J connectivity index is 1.86. The lowest BCUT2D eigenvalue weighted by atomic mass is 10.2. The molecule has 5 heteroatoms. The average Bonchev–Trinajstić information content (AvgIpc) is 2.64. The van der Waals surface area contributed by atoms with Gasteiger partial charge in [0.25, 0.3) is 0 Å². The van der Waals surface area contributed by atoms with Gasteiger partial charge in [-0.05, 0) is 61.4 Å². The molecule has 0 saturated heterocycles. The first kappa shape index (κ1) is 20.1. The van der Waals surface area contributed by atoms with Gasteiger partial charge in [0.2, 0.25) is 5.91 Å². The molecule has 0 unspecified atom stereocenters. The lowest BCUT2D eigenvalue weighted by Gasteiger charge is -2.13. The van der Waals surface area contributed by atoms with Crippen molar-refractivity contribution in [1.29, 1.82) is 0 Å². The molecule has 2 aromatic rings. The molecule has 0 heterocycles. The van der Waals surface area contributed by atoms with Crippen molar-refractivity contribution in [2.24, 2.45) is 0 Å². The highest BCUT2D eigenvalue weighted by Crippen LogP contribution is 2.24. The molecule has 0 bridgehead atoms. The van der Waals surface area contributed by atoms with Crippen LogP contribution in [0.15, 0.2) is 72.8 Å². The van der Waals surface area contributed by atoms with Crippen molar-refractivity contribution in [2.45, 2.75) is 13.8 Å². The molecule has 5 nitrogen and oxygen atoms in total. The Morgan fingerprint density at radius 1 is 0.926 bits per heavy atom. The van der Waals surface area contributed by atoms with Crippen molar-refractivity contribution in [1.82, 2.24) is 0 Å². The minimum absolute atomic E-state index is 0.126. The number of rotatable bonds is 10. The van der Waals surface area contributed by atoms with E-state index in [0.717, 1.165) is 22.6 Å². The second-order valence-corrected chi connectivity index (χ2v) is 6.41. The highest BCUT2D eigenvalue weighted by atomic mass is 16.5. The fourth-order valence-electron chi connectivity index (χ4n) is 2.16. The first-order chi connectivity index (χ1) is 12.9. The fourth-order valence-corrected chi connectivity index (χ4v) is 2.16. The predicted octanol–water partition coefficient (Wildman–Crippen LogP) is 4.65. The largest absolute Gasteiger partial charge is 0.489 e. The summed E-state index contributed by atoms with van der Waals surface area (Å²) in [6, 6.07) is 14.7. The molecule has 142 valence electrons. The minimum atomic E-state index is -0.152. The van der Waals surface area contributed by atoms with E-state index in [1.807, 2.05) is 50.2 Å². The molecule has 0 spiro atoms. The lowest BCUT2D eigenvalue weighted by Crippen LogP contribution is -2.22. The third-order valence-electron chi connectivity index (χ3n) is 3.42. The zero-order valence-corrected chi connectivity index (χ0v) is 15.9. The number of carbonyl (C=O) groups excluding carboxylic acids is 1. The van der Waals surface area contributed by atoms with Crippen molar-refractivity contribution >= 4 is 17.3 Å². The summed E-state index contributed by atoms with van der Waals surface area (Å²) < 4.78 is 11.2. The van der Waals surface area contributed by atoms with Gasteiger partial charge in [-0.2, -0.15) is 0 Å². The van der Waals surface area contributed by atoms with Gasteiger partial charge in [0.15, 0.2) is 0 Å². The highest BCUT2D eigenvalue weighted by molar-refractivity contribution is 5.94. The molecule has 0 aromatic heterocycles. The quantitative estimate of drug-likeness (QED) is 0.601. The van der Waals surface area contributed by atoms with Gasteiger partial charge in [0, 0.05) is 5.69 Å². The second-order valence-electron chi connectivity index (χ2n) is 6.41. The normalized spacial score (nSPS) is 10.0. The summed E-state index contributed by atoms with van der Waals surface area (Å²) in [7, 11) is 0. The van der Waals surface area contributed by atoms with Gasteiger partial charge in [0.1, 0.15) is 24.7 Å². The lowest BCUT2D eigenvalue weighted by molar-refractivity contribution is -0.114. The SMILES string of the molecule is C=C(C)COc1ccc(NC(=O)CNc2ccccc2OCC(=C)C)cc1. The van der Waals surface area contributed by atoms with E-state index < -0.39 is 0 Å². The zero-order chi connectivity index (χ0) is 19.6. The second kappa shape index (κ2) is 10.1. The molecule has 2 N–H and O–H groups in total. The number of benzene rings is 2. The molecular weight excluding hydrogens is 340 g/mol. The maximum atomic E-state index is 12.2. The van der Waals surface area contributed by atoms with Crippen LogP contribution < -0.4 is 20.1 Å². The molecule has 0 aliphatic heterocycles. The number of nitrogens with one attached hydrogen (secondary N) is 2. The van der Waals surface area contributed by atoms with E-state index in [-0.39, 0.29) is 12.5 Å². The Morgan fingerprint density at radius 2 is 1.56 bits per heavy atom. The summed E-state index contributed by atoms with van der Waals surface area (Å²) in [6.45, 7) is 12.5. The van der Waals surface area contributed by atoms with Gasteiger partial charge in [-0.3, -0.25) is 4.79 Å². The van der Waals surface area contributed by atoms with Crippen LogP contribution in [0.4, 0.5) is 11.4 Å². The molecule has 0 saturated carbocycles. The molecule has 2 rings (SSSR count). The predicted molar refractivity (Wildman–Crippen MR) is 111 cm³/mol. The zero-order valence-electron chi connectivity index (χ0n) is 15.9. The molecule has 2 aromatic carbocycles. The van der Waals surface area contributed by atoms with Crippen LogP contribution in [0, 0.1) is 0 Å². The van der Waals surface area contributed by atoms with E-state index in [0.29, 0.717) is 24.7 Å². The standard InChI is InChI=1S/C22H26N2O3/c1-16(2)14-26-19-11-9-18(10-12-19)24-22(25)13-23-20-7-5-6-8-21(20)27-15-17(3)4/h5-12,23H,1,3,13-15H2,2,4H3,(H,24,25). The van der Waals surface area contributed by atoms with Crippen molar-refractivity contribution in [3.05, 3.63) is 72.8 Å². The van der Waals surface area contributed by atoms with Crippen molar-refractivity contribution < 1.29 is 14.3 Å². The van der Waals surface area contributed by atoms with E-state index in [1.54, 1.807) is 12.1 Å². The van der Waals surface area contributed by atoms with Crippen molar-refractivity contribution in [2.75, 3.05) is 30.4 Å². The summed E-state index contributed by atoms with van der Waals surface area (Å²) in [5.74, 6) is 1.27. The Morgan fingerprint density at radius 3 is 2.22 bits per heavy atom. The first-order valence-electron chi connectivity index (χ1n) is 8.71. The van der Waals surface area contributed by atoms with Crippen molar-refractivity contribution in [3.63, 3.8) is 0 Å². The van der Waals surface area contributed by atoms with E-state index in [1.165, 1.54) is 0 Å². The highest BCUT2D eigenvalue weighted by Gasteiger charge is 2.06. The summed E-state index contributed by atoms with van der Waals surface area (Å²) in [4.78, 5) is 12.2. The maximum absolute atomic E-state index is 12.2. The minimum Gasteiger partial charge on any atom is -0.489 e.